The summed E-state index contributed by atoms with van der Waals surface area (Å²) in [5, 5.41) is 0. The van der Waals surface area contributed by atoms with E-state index >= 15 is 0 Å². The van der Waals surface area contributed by atoms with E-state index in [-0.39, 0.29) is 22.6 Å². The number of carbonyl (C=O) groups excluding carboxylic acids is 1. The molecule has 32 heavy (non-hydrogen) atoms. The van der Waals surface area contributed by atoms with E-state index in [0.29, 0.717) is 18.7 Å². The summed E-state index contributed by atoms with van der Waals surface area (Å²) in [7, 11) is -2.36. The van der Waals surface area contributed by atoms with E-state index in [1.165, 1.54) is 19.2 Å². The number of amides is 1. The van der Waals surface area contributed by atoms with Crippen LogP contribution in [0.15, 0.2) is 83.8 Å². The lowest BCUT2D eigenvalue weighted by Gasteiger charge is -2.24. The molecule has 0 saturated heterocycles. The molecule has 6 nitrogen and oxygen atoms in total. The molecule has 4 rings (SSSR count). The van der Waals surface area contributed by atoms with Crippen LogP contribution < -0.4 is 9.46 Å². The average molecular weight is 451 g/mol. The minimum atomic E-state index is -3.79. The highest BCUT2D eigenvalue weighted by Gasteiger charge is 2.30. The van der Waals surface area contributed by atoms with Crippen molar-refractivity contribution in [1.82, 2.24) is 9.62 Å². The van der Waals surface area contributed by atoms with Crippen molar-refractivity contribution in [2.24, 2.45) is 0 Å². The van der Waals surface area contributed by atoms with Gasteiger partial charge in [-0.3, -0.25) is 4.79 Å². The largest absolute Gasteiger partial charge is 0.495 e. The van der Waals surface area contributed by atoms with Gasteiger partial charge in [-0.25, -0.2) is 13.1 Å². The molecule has 3 aromatic carbocycles. The second kappa shape index (κ2) is 9.54. The van der Waals surface area contributed by atoms with Crippen LogP contribution in [0.3, 0.4) is 0 Å². The molecule has 0 bridgehead atoms. The lowest BCUT2D eigenvalue weighted by molar-refractivity contribution is 0.0729. The average Bonchev–Trinajstić information content (AvgIpc) is 3.62. The van der Waals surface area contributed by atoms with Crippen molar-refractivity contribution in [1.29, 1.82) is 0 Å². The second-order valence-electron chi connectivity index (χ2n) is 7.89. The van der Waals surface area contributed by atoms with E-state index in [1.54, 1.807) is 11.0 Å². The third-order valence-electron chi connectivity index (χ3n) is 5.32. The van der Waals surface area contributed by atoms with Crippen LogP contribution in [0.2, 0.25) is 0 Å². The van der Waals surface area contributed by atoms with Crippen molar-refractivity contribution in [3.63, 3.8) is 0 Å². The van der Waals surface area contributed by atoms with Gasteiger partial charge in [0.05, 0.1) is 7.11 Å². The lowest BCUT2D eigenvalue weighted by Crippen LogP contribution is -2.31. The molecule has 1 N–H and O–H groups in total. The summed E-state index contributed by atoms with van der Waals surface area (Å²) in [6, 6.07) is 24.0. The van der Waals surface area contributed by atoms with Gasteiger partial charge in [-0.05, 0) is 42.2 Å². The van der Waals surface area contributed by atoms with E-state index in [0.717, 1.165) is 24.0 Å². The molecule has 0 spiro atoms. The van der Waals surface area contributed by atoms with Crippen LogP contribution in [0.25, 0.3) is 0 Å². The molecule has 0 aromatic heterocycles. The smallest absolute Gasteiger partial charge is 0.254 e. The van der Waals surface area contributed by atoms with Gasteiger partial charge in [-0.2, -0.15) is 0 Å². The Balaban J connectivity index is 1.67. The van der Waals surface area contributed by atoms with E-state index < -0.39 is 10.0 Å². The molecule has 7 heteroatoms. The number of benzene rings is 3. The van der Waals surface area contributed by atoms with Crippen LogP contribution in [-0.4, -0.2) is 32.4 Å². The van der Waals surface area contributed by atoms with Gasteiger partial charge < -0.3 is 9.64 Å². The fourth-order valence-corrected chi connectivity index (χ4v) is 4.99. The van der Waals surface area contributed by atoms with Crippen molar-refractivity contribution in [2.45, 2.75) is 36.9 Å². The predicted octanol–water partition coefficient (Wildman–Crippen LogP) is 3.98. The Morgan fingerprint density at radius 1 is 0.938 bits per heavy atom. The number of nitrogens with zero attached hydrogens (tertiary/aromatic N) is 1. The first-order chi connectivity index (χ1) is 15.5. The Labute approximate surface area is 188 Å². The molecule has 0 heterocycles. The molecule has 0 radical (unpaired) electrons. The molecular weight excluding hydrogens is 424 g/mol. The first-order valence-corrected chi connectivity index (χ1v) is 12.0. The zero-order chi connectivity index (χ0) is 22.6. The van der Waals surface area contributed by atoms with Crippen LogP contribution in [0.5, 0.6) is 5.75 Å². The molecule has 3 aromatic rings. The fourth-order valence-electron chi connectivity index (χ4n) is 3.49. The number of nitrogens with one attached hydrogen (secondary N) is 1. The van der Waals surface area contributed by atoms with Gasteiger partial charge in [-0.1, -0.05) is 60.7 Å². The monoisotopic (exact) mass is 450 g/mol. The Kier molecular flexibility index (Phi) is 6.58. The molecule has 1 aliphatic carbocycles. The standard InChI is InChI=1S/C25H26N2O4S/c1-31-23-15-12-21(16-24(23)32(29,30)26-22-13-14-22)25(28)27(17-19-8-4-2-5-9-19)18-20-10-6-3-7-11-20/h2-12,15-16,22,26H,13-14,17-18H2,1H3. The SMILES string of the molecule is COc1ccc(C(=O)N(Cc2ccccc2)Cc2ccccc2)cc1S(=O)(=O)NC1CC1. The van der Waals surface area contributed by atoms with Crippen LogP contribution in [-0.2, 0) is 23.1 Å². The van der Waals surface area contributed by atoms with Crippen LogP contribution in [0, 0.1) is 0 Å². The van der Waals surface area contributed by atoms with Gasteiger partial charge in [0, 0.05) is 24.7 Å². The molecule has 1 amide bonds. The summed E-state index contributed by atoms with van der Waals surface area (Å²) in [5.41, 5.74) is 2.29. The summed E-state index contributed by atoms with van der Waals surface area (Å²) in [6.07, 6.45) is 1.64. The van der Waals surface area contributed by atoms with Crippen molar-refractivity contribution in [3.8, 4) is 5.75 Å². The minimum absolute atomic E-state index is 0.0166. The maximum absolute atomic E-state index is 13.5. The Hall–Kier alpha value is -3.16. The summed E-state index contributed by atoms with van der Waals surface area (Å²) in [5.74, 6) is -0.0319. The van der Waals surface area contributed by atoms with Gasteiger partial charge in [0.15, 0.2) is 0 Å². The molecule has 166 valence electrons. The van der Waals surface area contributed by atoms with Gasteiger partial charge in [0.1, 0.15) is 10.6 Å². The van der Waals surface area contributed by atoms with Crippen molar-refractivity contribution >= 4 is 15.9 Å². The molecular formula is C25H26N2O4S. The number of ether oxygens (including phenoxy) is 1. The number of hydrogen-bond acceptors (Lipinski definition) is 4. The van der Waals surface area contributed by atoms with Crippen molar-refractivity contribution in [3.05, 3.63) is 95.6 Å². The van der Waals surface area contributed by atoms with Gasteiger partial charge >= 0.3 is 0 Å². The summed E-state index contributed by atoms with van der Waals surface area (Å²) in [4.78, 5) is 15.2. The molecule has 0 unspecified atom stereocenters. The highest BCUT2D eigenvalue weighted by atomic mass is 32.2. The van der Waals surface area contributed by atoms with Crippen LogP contribution in [0.4, 0.5) is 0 Å². The zero-order valence-corrected chi connectivity index (χ0v) is 18.7. The number of carbonyl (C=O) groups is 1. The van der Waals surface area contributed by atoms with Crippen molar-refractivity contribution in [2.75, 3.05) is 7.11 Å². The lowest BCUT2D eigenvalue weighted by atomic mass is 10.1. The first kappa shape index (κ1) is 22.0. The van der Waals surface area contributed by atoms with E-state index in [2.05, 4.69) is 4.72 Å². The van der Waals surface area contributed by atoms with Crippen LogP contribution >= 0.6 is 0 Å². The molecule has 0 aliphatic heterocycles. The zero-order valence-electron chi connectivity index (χ0n) is 17.9. The van der Waals surface area contributed by atoms with Crippen LogP contribution in [0.1, 0.15) is 34.3 Å². The molecule has 1 fully saturated rings. The van der Waals surface area contributed by atoms with E-state index in [4.69, 9.17) is 4.74 Å². The summed E-state index contributed by atoms with van der Waals surface area (Å²) >= 11 is 0. The maximum atomic E-state index is 13.5. The Morgan fingerprint density at radius 2 is 1.50 bits per heavy atom. The predicted molar refractivity (Wildman–Crippen MR) is 123 cm³/mol. The van der Waals surface area contributed by atoms with Gasteiger partial charge in [0.25, 0.3) is 5.91 Å². The van der Waals surface area contributed by atoms with Gasteiger partial charge in [-0.15, -0.1) is 0 Å². The van der Waals surface area contributed by atoms with Crippen molar-refractivity contribution < 1.29 is 17.9 Å². The normalized spacial score (nSPS) is 13.5. The summed E-state index contributed by atoms with van der Waals surface area (Å²) in [6.45, 7) is 0.812. The molecule has 1 aliphatic rings. The molecule has 0 atom stereocenters. The number of methoxy groups -OCH3 is 1. The molecule has 1 saturated carbocycles. The maximum Gasteiger partial charge on any atom is 0.254 e. The minimum Gasteiger partial charge on any atom is -0.495 e. The summed E-state index contributed by atoms with van der Waals surface area (Å²) < 4.78 is 33.7. The number of sulfonamides is 1. The Bertz CT molecular complexity index is 1140. The number of hydrogen-bond donors (Lipinski definition) is 1. The topological polar surface area (TPSA) is 75.7 Å². The Morgan fingerprint density at radius 3 is 2.00 bits per heavy atom. The first-order valence-electron chi connectivity index (χ1n) is 10.5. The second-order valence-corrected chi connectivity index (χ2v) is 9.58. The van der Waals surface area contributed by atoms with E-state index in [9.17, 15) is 13.2 Å². The fraction of sp³-hybridized carbons (Fsp3) is 0.240. The highest BCUT2D eigenvalue weighted by Crippen LogP contribution is 2.29. The van der Waals surface area contributed by atoms with E-state index in [1.807, 2.05) is 60.7 Å². The van der Waals surface area contributed by atoms with Gasteiger partial charge in [0.2, 0.25) is 10.0 Å². The quantitative estimate of drug-likeness (QED) is 0.535. The third kappa shape index (κ3) is 5.36. The third-order valence-corrected chi connectivity index (χ3v) is 6.86. The number of rotatable bonds is 9. The highest BCUT2D eigenvalue weighted by molar-refractivity contribution is 7.89.